The molecule has 0 radical (unpaired) electrons. The predicted molar refractivity (Wildman–Crippen MR) is 357 cm³/mol. The van der Waals surface area contributed by atoms with E-state index in [4.69, 9.17) is 14.2 Å². The first-order valence-corrected chi connectivity index (χ1v) is 33.1. The van der Waals surface area contributed by atoms with E-state index < -0.39 is 6.10 Å². The second kappa shape index (κ2) is 68.3. The van der Waals surface area contributed by atoms with Crippen molar-refractivity contribution in [1.29, 1.82) is 0 Å². The highest BCUT2D eigenvalue weighted by Crippen LogP contribution is 2.15. The van der Waals surface area contributed by atoms with Crippen molar-refractivity contribution >= 4 is 17.9 Å². The molecule has 0 rings (SSSR count). The highest BCUT2D eigenvalue weighted by molar-refractivity contribution is 5.71. The van der Waals surface area contributed by atoms with Crippen molar-refractivity contribution in [3.8, 4) is 0 Å². The van der Waals surface area contributed by atoms with Crippen LogP contribution in [0.15, 0.2) is 170 Å². The van der Waals surface area contributed by atoms with Gasteiger partial charge in [0, 0.05) is 19.3 Å². The molecule has 0 bridgehead atoms. The largest absolute Gasteiger partial charge is 0.462 e. The number of hydrogen-bond acceptors (Lipinski definition) is 6. The zero-order valence-electron chi connectivity index (χ0n) is 52.7. The van der Waals surface area contributed by atoms with Crippen molar-refractivity contribution in [3.63, 3.8) is 0 Å². The molecule has 0 aliphatic rings. The van der Waals surface area contributed by atoms with E-state index in [9.17, 15) is 14.4 Å². The lowest BCUT2D eigenvalue weighted by Gasteiger charge is -2.18. The second-order valence-electron chi connectivity index (χ2n) is 21.3. The topological polar surface area (TPSA) is 78.9 Å². The molecule has 0 aromatic rings. The van der Waals surface area contributed by atoms with E-state index in [0.29, 0.717) is 19.3 Å². The van der Waals surface area contributed by atoms with Crippen molar-refractivity contribution in [2.24, 2.45) is 0 Å². The van der Waals surface area contributed by atoms with E-state index in [1.807, 2.05) is 0 Å². The van der Waals surface area contributed by atoms with E-state index in [1.165, 1.54) is 70.6 Å². The molecule has 0 spiro atoms. The maximum Gasteiger partial charge on any atom is 0.306 e. The molecule has 0 saturated heterocycles. The summed E-state index contributed by atoms with van der Waals surface area (Å²) in [5, 5.41) is 0. The minimum Gasteiger partial charge on any atom is -0.462 e. The molecule has 6 heteroatoms. The zero-order valence-corrected chi connectivity index (χ0v) is 52.7. The number of ether oxygens (including phenoxy) is 3. The standard InChI is InChI=1S/C76H120O6/c1-4-7-10-13-16-19-21-23-25-27-29-31-33-35-36-37-38-39-40-42-43-45-47-49-51-53-55-57-60-63-66-69-75(78)81-72-73(71-80-74(77)68-65-62-59-18-15-12-9-6-3)82-76(79)70-67-64-61-58-56-54-52-50-48-46-44-41-34-32-30-28-26-24-22-20-17-14-11-8-5-2/h7-8,10-11,16-17,19-20,23-26,29-32,35-36,38-39,41-44,47,49,53,55,73H,4-6,9,12-15,18,21-22,27-28,33-34,37,40,45-46,48,50-52,54,56-72H2,1-3H3/b10-7-,11-8-,19-16-,20-17-,25-23-,26-24-,31-29-,32-30-,36-35-,39-38-,43-42-,44-41-,49-47-,55-53-. The number of unbranched alkanes of at least 4 members (excludes halogenated alkanes) is 19. The van der Waals surface area contributed by atoms with Crippen LogP contribution in [0.1, 0.15) is 271 Å². The lowest BCUT2D eigenvalue weighted by molar-refractivity contribution is -0.167. The van der Waals surface area contributed by atoms with E-state index >= 15 is 0 Å². The van der Waals surface area contributed by atoms with Crippen LogP contribution in [0.3, 0.4) is 0 Å². The highest BCUT2D eigenvalue weighted by atomic mass is 16.6. The first-order valence-electron chi connectivity index (χ1n) is 33.1. The third kappa shape index (κ3) is 65.6. The molecule has 0 aliphatic heterocycles. The maximum atomic E-state index is 12.9. The average molecular weight is 1130 g/mol. The van der Waals surface area contributed by atoms with E-state index in [1.54, 1.807) is 0 Å². The van der Waals surface area contributed by atoms with Crippen LogP contribution >= 0.6 is 0 Å². The molecule has 0 aromatic heterocycles. The molecule has 1 atom stereocenters. The van der Waals surface area contributed by atoms with E-state index in [2.05, 4.69) is 191 Å². The van der Waals surface area contributed by atoms with Crippen LogP contribution in [-0.2, 0) is 28.6 Å². The van der Waals surface area contributed by atoms with E-state index in [-0.39, 0.29) is 31.1 Å². The van der Waals surface area contributed by atoms with Gasteiger partial charge in [-0.2, -0.15) is 0 Å². The molecule has 460 valence electrons. The van der Waals surface area contributed by atoms with Crippen LogP contribution in [0, 0.1) is 0 Å². The minimum atomic E-state index is -0.802. The number of esters is 3. The van der Waals surface area contributed by atoms with Crippen molar-refractivity contribution in [3.05, 3.63) is 170 Å². The Labute approximate surface area is 504 Å². The third-order valence-corrected chi connectivity index (χ3v) is 13.5. The Balaban J connectivity index is 4.30. The Morgan fingerprint density at radius 1 is 0.256 bits per heavy atom. The molecule has 6 nitrogen and oxygen atoms in total. The van der Waals surface area contributed by atoms with Gasteiger partial charge >= 0.3 is 17.9 Å². The first-order chi connectivity index (χ1) is 40.5. The smallest absolute Gasteiger partial charge is 0.306 e. The molecule has 0 fully saturated rings. The molecule has 82 heavy (non-hydrogen) atoms. The highest BCUT2D eigenvalue weighted by Gasteiger charge is 2.19. The van der Waals surface area contributed by atoms with Crippen LogP contribution < -0.4 is 0 Å². The molecule has 0 aromatic carbocycles. The fourth-order valence-corrected chi connectivity index (χ4v) is 8.58. The summed E-state index contributed by atoms with van der Waals surface area (Å²) < 4.78 is 16.8. The lowest BCUT2D eigenvalue weighted by atomic mass is 10.1. The van der Waals surface area contributed by atoms with Gasteiger partial charge in [0.05, 0.1) is 0 Å². The average Bonchev–Trinajstić information content (AvgIpc) is 3.47. The lowest BCUT2D eigenvalue weighted by Crippen LogP contribution is -2.30. The van der Waals surface area contributed by atoms with Gasteiger partial charge in [-0.05, 0) is 135 Å². The molecule has 0 heterocycles. The van der Waals surface area contributed by atoms with Crippen LogP contribution in [0.25, 0.3) is 0 Å². The Morgan fingerprint density at radius 2 is 0.476 bits per heavy atom. The van der Waals surface area contributed by atoms with Gasteiger partial charge in [-0.25, -0.2) is 0 Å². The van der Waals surface area contributed by atoms with Crippen molar-refractivity contribution < 1.29 is 28.6 Å². The fraction of sp³-hybridized carbons (Fsp3) is 0.592. The number of rotatable bonds is 58. The van der Waals surface area contributed by atoms with Gasteiger partial charge in [0.15, 0.2) is 6.10 Å². The van der Waals surface area contributed by atoms with Gasteiger partial charge in [0.2, 0.25) is 0 Å². The van der Waals surface area contributed by atoms with Crippen LogP contribution in [0.5, 0.6) is 0 Å². The van der Waals surface area contributed by atoms with Crippen molar-refractivity contribution in [2.45, 2.75) is 277 Å². The predicted octanol–water partition coefficient (Wildman–Crippen LogP) is 23.0. The van der Waals surface area contributed by atoms with Gasteiger partial charge in [0.1, 0.15) is 13.2 Å². The van der Waals surface area contributed by atoms with Gasteiger partial charge in [-0.15, -0.1) is 0 Å². The summed E-state index contributed by atoms with van der Waals surface area (Å²) in [4.78, 5) is 38.2. The number of carbonyl (C=O) groups is 3. The molecular weight excluding hydrogens is 1010 g/mol. The molecule has 0 aliphatic carbocycles. The molecule has 0 N–H and O–H groups in total. The number of carbonyl (C=O) groups excluding carboxylic acids is 3. The summed E-state index contributed by atoms with van der Waals surface area (Å²) in [6.45, 7) is 6.35. The summed E-state index contributed by atoms with van der Waals surface area (Å²) in [6.07, 6.45) is 101. The first kappa shape index (κ1) is 76.8. The van der Waals surface area contributed by atoms with Crippen LogP contribution in [-0.4, -0.2) is 37.2 Å². The monoisotopic (exact) mass is 1130 g/mol. The summed E-state index contributed by atoms with van der Waals surface area (Å²) in [7, 11) is 0. The summed E-state index contributed by atoms with van der Waals surface area (Å²) in [5.41, 5.74) is 0. The van der Waals surface area contributed by atoms with Gasteiger partial charge in [-0.1, -0.05) is 287 Å². The van der Waals surface area contributed by atoms with Gasteiger partial charge in [-0.3, -0.25) is 14.4 Å². The molecular formula is C76H120O6. The maximum absolute atomic E-state index is 12.9. The van der Waals surface area contributed by atoms with Crippen LogP contribution in [0.2, 0.25) is 0 Å². The molecule has 1 unspecified atom stereocenters. The van der Waals surface area contributed by atoms with Crippen molar-refractivity contribution in [1.82, 2.24) is 0 Å². The number of allylic oxidation sites excluding steroid dienone is 28. The Hall–Kier alpha value is -5.23. The zero-order chi connectivity index (χ0) is 59.2. The fourth-order valence-electron chi connectivity index (χ4n) is 8.58. The minimum absolute atomic E-state index is 0.0967. The molecule has 0 amide bonds. The SMILES string of the molecule is CC/C=C\C/C=C\C/C=C\C/C=C\C/C=C\C/C=C\C/C=C\C/C=C\C/C=C\CCCCCC(=O)OCC(COC(=O)CCCCCCCCCC)OC(=O)CCCCCCCCCCC/C=C\C/C=C\C/C=C\C/C=C\C/C=C\CC. The van der Waals surface area contributed by atoms with Crippen molar-refractivity contribution in [2.75, 3.05) is 13.2 Å². The molecule has 0 saturated carbocycles. The summed E-state index contributed by atoms with van der Waals surface area (Å²) >= 11 is 0. The second-order valence-corrected chi connectivity index (χ2v) is 21.3. The van der Waals surface area contributed by atoms with E-state index in [0.717, 1.165) is 161 Å². The Morgan fingerprint density at radius 3 is 0.756 bits per heavy atom. The van der Waals surface area contributed by atoms with Gasteiger partial charge in [0.25, 0.3) is 0 Å². The van der Waals surface area contributed by atoms with Gasteiger partial charge < -0.3 is 14.2 Å². The normalized spacial score (nSPS) is 13.3. The van der Waals surface area contributed by atoms with Crippen LogP contribution in [0.4, 0.5) is 0 Å². The quantitative estimate of drug-likeness (QED) is 0.0261. The third-order valence-electron chi connectivity index (χ3n) is 13.5. The number of hydrogen-bond donors (Lipinski definition) is 0. The Bertz CT molecular complexity index is 1870. The Kier molecular flexibility index (Phi) is 63.9. The summed E-state index contributed by atoms with van der Waals surface area (Å²) in [6, 6.07) is 0. The summed E-state index contributed by atoms with van der Waals surface area (Å²) in [5.74, 6) is -0.946.